The summed E-state index contributed by atoms with van der Waals surface area (Å²) in [7, 11) is 1.25. The van der Waals surface area contributed by atoms with E-state index < -0.39 is 31.9 Å². The van der Waals surface area contributed by atoms with E-state index in [1.807, 2.05) is 4.57 Å². The topological polar surface area (TPSA) is 211 Å². The Kier molecular flexibility index (Phi) is 8.15. The van der Waals surface area contributed by atoms with Crippen molar-refractivity contribution in [3.05, 3.63) is 47.7 Å². The molecule has 2 fully saturated rings. The van der Waals surface area contributed by atoms with Crippen molar-refractivity contribution in [2.24, 2.45) is 5.92 Å². The normalized spacial score (nSPS) is 26.3. The van der Waals surface area contributed by atoms with E-state index in [0.717, 1.165) is 12.8 Å². The number of ether oxygens (including phenoxy) is 1. The highest BCUT2D eigenvalue weighted by Gasteiger charge is 2.42. The van der Waals surface area contributed by atoms with Crippen molar-refractivity contribution in [3.63, 3.8) is 0 Å². The number of aromatic amines is 1. The van der Waals surface area contributed by atoms with Crippen molar-refractivity contribution >= 4 is 70.8 Å². The minimum Gasteiger partial charge on any atom is -0.382 e. The fourth-order valence-electron chi connectivity index (χ4n) is 5.79. The highest BCUT2D eigenvalue weighted by molar-refractivity contribution is 8.07. The molecule has 1 aliphatic carbocycles. The number of hydrogen-bond acceptors (Lipinski definition) is 13. The second-order valence-electron chi connectivity index (χ2n) is 10.8. The molecule has 21 heteroatoms. The van der Waals surface area contributed by atoms with Gasteiger partial charge in [0.25, 0.3) is 5.56 Å². The van der Waals surface area contributed by atoms with Crippen molar-refractivity contribution in [2.75, 3.05) is 26.1 Å². The van der Waals surface area contributed by atoms with E-state index >= 15 is 0 Å². The van der Waals surface area contributed by atoms with E-state index in [2.05, 4.69) is 24.9 Å². The average Bonchev–Trinajstić information content (AvgIpc) is 3.77. The number of imidazole rings is 2. The molecule has 5 aromatic rings. The Bertz CT molecular complexity index is 2040. The van der Waals surface area contributed by atoms with Crippen LogP contribution in [0.1, 0.15) is 31.5 Å². The van der Waals surface area contributed by atoms with E-state index in [0.29, 0.717) is 33.8 Å². The summed E-state index contributed by atoms with van der Waals surface area (Å²) in [5, 5.41) is 0.431. The van der Waals surface area contributed by atoms with Crippen LogP contribution in [0.3, 0.4) is 0 Å². The highest BCUT2D eigenvalue weighted by Crippen LogP contribution is 2.52. The summed E-state index contributed by atoms with van der Waals surface area (Å²) < 4.78 is 33.9. The second-order valence-corrected chi connectivity index (χ2v) is 16.6. The van der Waals surface area contributed by atoms with Gasteiger partial charge >= 0.3 is 13.4 Å². The predicted molar refractivity (Wildman–Crippen MR) is 168 cm³/mol. The van der Waals surface area contributed by atoms with Crippen molar-refractivity contribution in [1.82, 2.24) is 38.5 Å². The van der Waals surface area contributed by atoms with Crippen LogP contribution in [-0.4, -0.2) is 80.8 Å². The van der Waals surface area contributed by atoms with Crippen molar-refractivity contribution in [3.8, 4) is 0 Å². The maximum atomic E-state index is 12.7. The Morgan fingerprint density at radius 3 is 2.69 bits per heavy atom. The van der Waals surface area contributed by atoms with Crippen molar-refractivity contribution in [2.45, 2.75) is 43.7 Å². The number of anilines is 1. The van der Waals surface area contributed by atoms with Crippen LogP contribution < -0.4 is 11.3 Å². The molecule has 6 heterocycles. The lowest BCUT2D eigenvalue weighted by Gasteiger charge is -2.36. The van der Waals surface area contributed by atoms with Gasteiger partial charge in [-0.3, -0.25) is 14.2 Å². The number of nitrogens with two attached hydrogens (primary N) is 1. The van der Waals surface area contributed by atoms with Gasteiger partial charge in [0.1, 0.15) is 29.8 Å². The summed E-state index contributed by atoms with van der Waals surface area (Å²) in [5.41, 5.74) is 7.39. The van der Waals surface area contributed by atoms with Gasteiger partial charge in [0.05, 0.1) is 31.0 Å². The minimum absolute atomic E-state index is 0.125. The van der Waals surface area contributed by atoms with E-state index in [9.17, 15) is 14.6 Å². The Morgan fingerprint density at radius 2 is 1.89 bits per heavy atom. The van der Waals surface area contributed by atoms with Crippen LogP contribution in [-0.2, 0) is 46.4 Å². The third-order valence-electron chi connectivity index (χ3n) is 8.08. The number of rotatable bonds is 11. The molecular formula is C24H29N9O8P2S2. The first-order valence-corrected chi connectivity index (χ1v) is 19.0. The minimum atomic E-state index is -3.75. The molecule has 0 radical (unpaired) electrons. The molecule has 0 spiro atoms. The Balaban J connectivity index is 1.04. The van der Waals surface area contributed by atoms with Gasteiger partial charge in [-0.2, -0.15) is 0 Å². The molecule has 1 aliphatic heterocycles. The monoisotopic (exact) mass is 697 g/mol. The zero-order valence-electron chi connectivity index (χ0n) is 23.6. The average molecular weight is 698 g/mol. The molecule has 7 rings (SSSR count). The number of nitrogens with zero attached hydrogens (tertiary/aromatic N) is 7. The standard InChI is InChI=1S/C24H29N9O8P2S2/c1-37-42(35,44)39-10-17-16(8-18(40-17)31-4-2-15-22(34)30-24-26-3-5-32(24)23(15)31)41-43(36,45)38-9-13-6-14(7-13)33-12-29-19-20(25)27-11-28-21(19)33/h2-5,11-14,16-18H,6-10H2,1H3,(H,35,44)(H,36,45)(H2,25,27,28)(H,26,30,34)/t13?,14?,16-,17+,18+,42?,43?/m0/s1. The summed E-state index contributed by atoms with van der Waals surface area (Å²) in [4.78, 5) is 53.5. The van der Waals surface area contributed by atoms with Crippen LogP contribution in [0.25, 0.3) is 28.0 Å². The van der Waals surface area contributed by atoms with Crippen LogP contribution in [0.5, 0.6) is 0 Å². The SMILES string of the molecule is COP(O)(=S)OC[C@H]1O[C@@H](n2ccc3c(=O)[nH]c4nccn4c32)C[C@@H]1OP(O)(=S)OCC1CC(n2cnc3c(N)ncnc32)C1. The van der Waals surface area contributed by atoms with Gasteiger partial charge in [-0.15, -0.1) is 0 Å². The highest BCUT2D eigenvalue weighted by atomic mass is 32.5. The molecule has 45 heavy (non-hydrogen) atoms. The quantitative estimate of drug-likeness (QED) is 0.146. The molecule has 0 bridgehead atoms. The first kappa shape index (κ1) is 31.0. The zero-order chi connectivity index (χ0) is 31.5. The fourth-order valence-corrected chi connectivity index (χ4v) is 7.95. The first-order valence-electron chi connectivity index (χ1n) is 13.8. The molecule has 1 saturated heterocycles. The first-order chi connectivity index (χ1) is 21.5. The third kappa shape index (κ3) is 5.99. The van der Waals surface area contributed by atoms with E-state index in [1.165, 1.54) is 13.4 Å². The molecule has 5 aromatic heterocycles. The van der Waals surface area contributed by atoms with Gasteiger partial charge < -0.3 is 47.5 Å². The van der Waals surface area contributed by atoms with Crippen LogP contribution >= 0.6 is 13.4 Å². The maximum absolute atomic E-state index is 12.7. The van der Waals surface area contributed by atoms with Crippen molar-refractivity contribution in [1.29, 1.82) is 0 Å². The van der Waals surface area contributed by atoms with Crippen molar-refractivity contribution < 1.29 is 32.6 Å². The fraction of sp³-hybridized carbons (Fsp3) is 0.458. The molecule has 0 amide bonds. The second kappa shape index (κ2) is 11.8. The lowest BCUT2D eigenvalue weighted by Crippen LogP contribution is -2.31. The van der Waals surface area contributed by atoms with Crippen LogP contribution in [0, 0.1) is 5.92 Å². The molecule has 2 unspecified atom stereocenters. The van der Waals surface area contributed by atoms with Gasteiger partial charge in [-0.25, -0.2) is 19.9 Å². The molecule has 17 nitrogen and oxygen atoms in total. The van der Waals surface area contributed by atoms with Gasteiger partial charge in [-0.1, -0.05) is 0 Å². The summed E-state index contributed by atoms with van der Waals surface area (Å²) in [6.45, 7) is -7.27. The van der Waals surface area contributed by atoms with E-state index in [1.54, 1.807) is 40.0 Å². The number of nitrogen functional groups attached to an aromatic ring is 1. The van der Waals surface area contributed by atoms with Gasteiger partial charge in [0, 0.05) is 38.2 Å². The number of nitrogens with one attached hydrogen (secondary N) is 1. The number of hydrogen-bond donors (Lipinski definition) is 4. The smallest absolute Gasteiger partial charge is 0.324 e. The molecular weight excluding hydrogens is 668 g/mol. The largest absolute Gasteiger partial charge is 0.382 e. The van der Waals surface area contributed by atoms with E-state index in [-0.39, 0.29) is 37.2 Å². The summed E-state index contributed by atoms with van der Waals surface area (Å²) in [6, 6.07) is 1.82. The van der Waals surface area contributed by atoms with Gasteiger partial charge in [-0.05, 0) is 48.4 Å². The Labute approximate surface area is 264 Å². The van der Waals surface area contributed by atoms with E-state index in [4.69, 9.17) is 52.2 Å². The van der Waals surface area contributed by atoms with Crippen LogP contribution in [0.2, 0.25) is 0 Å². The van der Waals surface area contributed by atoms with Crippen LogP contribution in [0.4, 0.5) is 5.82 Å². The van der Waals surface area contributed by atoms with Gasteiger partial charge in [0.2, 0.25) is 5.78 Å². The molecule has 2 aliphatic rings. The Hall–Kier alpha value is -2.67. The predicted octanol–water partition coefficient (Wildman–Crippen LogP) is 2.14. The molecule has 5 N–H and O–H groups in total. The summed E-state index contributed by atoms with van der Waals surface area (Å²) in [6.07, 6.45) is 7.60. The molecule has 1 saturated carbocycles. The Morgan fingerprint density at radius 1 is 1.09 bits per heavy atom. The number of fused-ring (bicyclic) bond motifs is 4. The zero-order valence-corrected chi connectivity index (χ0v) is 27.1. The molecule has 240 valence electrons. The third-order valence-corrected chi connectivity index (χ3v) is 11.4. The summed E-state index contributed by atoms with van der Waals surface area (Å²) in [5.74, 6) is 0.823. The lowest BCUT2D eigenvalue weighted by atomic mass is 9.81. The maximum Gasteiger partial charge on any atom is 0.324 e. The number of aromatic nitrogens is 8. The molecule has 5 atom stereocenters. The molecule has 0 aromatic carbocycles. The summed E-state index contributed by atoms with van der Waals surface area (Å²) >= 11 is 10.4. The van der Waals surface area contributed by atoms with Gasteiger partial charge in [0.15, 0.2) is 11.5 Å². The van der Waals surface area contributed by atoms with Crippen LogP contribution in [0.15, 0.2) is 42.1 Å². The lowest BCUT2D eigenvalue weighted by molar-refractivity contribution is -0.0391. The number of H-pyrrole nitrogens is 1.